The number of nitrogens with one attached hydrogen (secondary N) is 2. The Hall–Kier alpha value is -2.58. The Morgan fingerprint density at radius 1 is 1.21 bits per heavy atom. The van der Waals surface area contributed by atoms with Crippen LogP contribution in [0.25, 0.3) is 0 Å². The van der Waals surface area contributed by atoms with Gasteiger partial charge in [-0.2, -0.15) is 5.10 Å². The average molecular weight is 426 g/mol. The first-order valence-electron chi connectivity index (χ1n) is 8.56. The van der Waals surface area contributed by atoms with E-state index in [0.717, 1.165) is 0 Å². The monoisotopic (exact) mass is 425 g/mol. The molecule has 0 aliphatic carbocycles. The molecule has 1 unspecified atom stereocenters. The van der Waals surface area contributed by atoms with Crippen LogP contribution in [-0.2, 0) is 16.1 Å². The fourth-order valence-electron chi connectivity index (χ4n) is 2.41. The summed E-state index contributed by atoms with van der Waals surface area (Å²) < 4.78 is 1.50. The van der Waals surface area contributed by atoms with Crippen LogP contribution in [0.2, 0.25) is 10.0 Å². The van der Waals surface area contributed by atoms with Crippen molar-refractivity contribution in [2.75, 3.05) is 5.32 Å². The topological polar surface area (TPSA) is 119 Å². The zero-order valence-corrected chi connectivity index (χ0v) is 16.9. The van der Waals surface area contributed by atoms with Gasteiger partial charge in [0, 0.05) is 30.3 Å². The van der Waals surface area contributed by atoms with Crippen LogP contribution in [0.3, 0.4) is 0 Å². The average Bonchev–Trinajstić information content (AvgIpc) is 3.04. The molecule has 28 heavy (non-hydrogen) atoms. The van der Waals surface area contributed by atoms with Crippen LogP contribution < -0.4 is 16.4 Å². The highest BCUT2D eigenvalue weighted by Crippen LogP contribution is 2.21. The second-order valence-corrected chi connectivity index (χ2v) is 7.33. The normalized spacial score (nSPS) is 11.9. The summed E-state index contributed by atoms with van der Waals surface area (Å²) in [7, 11) is 0. The lowest BCUT2D eigenvalue weighted by Gasteiger charge is -2.21. The van der Waals surface area contributed by atoms with Crippen LogP contribution in [-0.4, -0.2) is 33.5 Å². The minimum atomic E-state index is -0.810. The molecule has 8 nitrogen and oxygen atoms in total. The standard InChI is InChI=1S/C18H21Cl2N5O3/c1-10(2)16(23-17(27)12-4-3-11(19)9-13(12)20)18(28)22-15-6-8-25(24-15)7-5-14(21)26/h3-4,6,8-10,16H,5,7H2,1-2H3,(H2,21,26)(H,23,27)(H,22,24,28). The van der Waals surface area contributed by atoms with Crippen molar-refractivity contribution in [1.82, 2.24) is 15.1 Å². The molecule has 4 N–H and O–H groups in total. The first-order chi connectivity index (χ1) is 13.2. The largest absolute Gasteiger partial charge is 0.370 e. The molecule has 1 atom stereocenters. The first kappa shape index (κ1) is 21.7. The van der Waals surface area contributed by atoms with Crippen molar-refractivity contribution < 1.29 is 14.4 Å². The number of hydrogen-bond donors (Lipinski definition) is 3. The number of rotatable bonds is 8. The van der Waals surface area contributed by atoms with Gasteiger partial charge in [-0.1, -0.05) is 37.0 Å². The molecule has 0 spiro atoms. The number of hydrogen-bond acceptors (Lipinski definition) is 4. The van der Waals surface area contributed by atoms with E-state index in [4.69, 9.17) is 28.9 Å². The zero-order valence-electron chi connectivity index (χ0n) is 15.4. The molecule has 0 fully saturated rings. The summed E-state index contributed by atoms with van der Waals surface area (Å²) in [5.41, 5.74) is 5.33. The Morgan fingerprint density at radius 2 is 1.93 bits per heavy atom. The summed E-state index contributed by atoms with van der Waals surface area (Å²) in [6.07, 6.45) is 1.76. The number of primary amides is 1. The third-order valence-electron chi connectivity index (χ3n) is 3.89. The molecular weight excluding hydrogens is 405 g/mol. The van der Waals surface area contributed by atoms with E-state index in [1.165, 1.54) is 16.8 Å². The molecule has 0 radical (unpaired) electrons. The lowest BCUT2D eigenvalue weighted by atomic mass is 10.0. The van der Waals surface area contributed by atoms with E-state index in [1.54, 1.807) is 32.2 Å². The highest BCUT2D eigenvalue weighted by Gasteiger charge is 2.26. The van der Waals surface area contributed by atoms with Crippen LogP contribution in [0.15, 0.2) is 30.5 Å². The number of carbonyl (C=O) groups excluding carboxylic acids is 3. The van der Waals surface area contributed by atoms with Crippen molar-refractivity contribution in [3.63, 3.8) is 0 Å². The molecule has 1 aromatic carbocycles. The molecule has 0 saturated heterocycles. The van der Waals surface area contributed by atoms with Gasteiger partial charge in [-0.3, -0.25) is 19.1 Å². The van der Waals surface area contributed by atoms with Gasteiger partial charge in [0.05, 0.1) is 10.6 Å². The fraction of sp³-hybridized carbons (Fsp3) is 0.333. The maximum absolute atomic E-state index is 12.6. The van der Waals surface area contributed by atoms with Crippen LogP contribution in [0.5, 0.6) is 0 Å². The number of nitrogens with zero attached hydrogens (tertiary/aromatic N) is 2. The van der Waals surface area contributed by atoms with Crippen LogP contribution in [0, 0.1) is 5.92 Å². The summed E-state index contributed by atoms with van der Waals surface area (Å²) >= 11 is 11.9. The molecule has 3 amide bonds. The van der Waals surface area contributed by atoms with Gasteiger partial charge in [-0.05, 0) is 24.1 Å². The summed E-state index contributed by atoms with van der Waals surface area (Å²) in [6.45, 7) is 3.92. The molecule has 1 aromatic heterocycles. The summed E-state index contributed by atoms with van der Waals surface area (Å²) in [6, 6.07) is 5.28. The number of nitrogens with two attached hydrogens (primary N) is 1. The number of halogens is 2. The third-order valence-corrected chi connectivity index (χ3v) is 4.44. The van der Waals surface area contributed by atoms with Gasteiger partial charge in [-0.25, -0.2) is 0 Å². The van der Waals surface area contributed by atoms with E-state index in [9.17, 15) is 14.4 Å². The predicted molar refractivity (Wildman–Crippen MR) is 107 cm³/mol. The lowest BCUT2D eigenvalue weighted by Crippen LogP contribution is -2.47. The Kier molecular flexibility index (Phi) is 7.42. The van der Waals surface area contributed by atoms with Gasteiger partial charge < -0.3 is 16.4 Å². The SMILES string of the molecule is CC(C)C(NC(=O)c1ccc(Cl)cc1Cl)C(=O)Nc1ccn(CCC(N)=O)n1. The van der Waals surface area contributed by atoms with Crippen molar-refractivity contribution in [2.24, 2.45) is 11.7 Å². The van der Waals surface area contributed by atoms with Gasteiger partial charge in [-0.15, -0.1) is 0 Å². The number of amides is 3. The minimum Gasteiger partial charge on any atom is -0.370 e. The lowest BCUT2D eigenvalue weighted by molar-refractivity contribution is -0.119. The van der Waals surface area contributed by atoms with Gasteiger partial charge in [0.25, 0.3) is 5.91 Å². The molecule has 0 bridgehead atoms. The van der Waals surface area contributed by atoms with E-state index >= 15 is 0 Å². The number of benzene rings is 1. The van der Waals surface area contributed by atoms with Crippen molar-refractivity contribution in [1.29, 1.82) is 0 Å². The number of anilines is 1. The molecule has 2 aromatic rings. The van der Waals surface area contributed by atoms with E-state index in [0.29, 0.717) is 17.4 Å². The Morgan fingerprint density at radius 3 is 2.54 bits per heavy atom. The van der Waals surface area contributed by atoms with Gasteiger partial charge in [0.1, 0.15) is 6.04 Å². The molecule has 1 heterocycles. The van der Waals surface area contributed by atoms with Crippen LogP contribution >= 0.6 is 23.2 Å². The smallest absolute Gasteiger partial charge is 0.253 e. The molecule has 0 aliphatic heterocycles. The molecule has 10 heteroatoms. The van der Waals surface area contributed by atoms with E-state index < -0.39 is 23.8 Å². The van der Waals surface area contributed by atoms with Crippen LogP contribution in [0.4, 0.5) is 5.82 Å². The second-order valence-electron chi connectivity index (χ2n) is 6.49. The summed E-state index contributed by atoms with van der Waals surface area (Å²) in [5.74, 6) is -1.23. The predicted octanol–water partition coefficient (Wildman–Crippen LogP) is 2.46. The Balaban J connectivity index is 2.05. The number of carbonyl (C=O) groups is 3. The summed E-state index contributed by atoms with van der Waals surface area (Å²) in [5, 5.41) is 10.1. The van der Waals surface area contributed by atoms with Crippen LogP contribution in [0.1, 0.15) is 30.6 Å². The van der Waals surface area contributed by atoms with E-state index in [2.05, 4.69) is 15.7 Å². The van der Waals surface area contributed by atoms with Gasteiger partial charge in [0.2, 0.25) is 11.8 Å². The number of aryl methyl sites for hydroxylation is 1. The molecule has 2 rings (SSSR count). The van der Waals surface area contributed by atoms with E-state index in [1.807, 2.05) is 0 Å². The van der Waals surface area contributed by atoms with Gasteiger partial charge >= 0.3 is 0 Å². The van der Waals surface area contributed by atoms with Crippen molar-refractivity contribution in [3.8, 4) is 0 Å². The molecule has 0 aliphatic rings. The first-order valence-corrected chi connectivity index (χ1v) is 9.31. The molecule has 0 saturated carbocycles. The Labute approximate surface area is 172 Å². The highest BCUT2D eigenvalue weighted by molar-refractivity contribution is 6.36. The maximum Gasteiger partial charge on any atom is 0.253 e. The zero-order chi connectivity index (χ0) is 20.8. The quantitative estimate of drug-likeness (QED) is 0.601. The Bertz CT molecular complexity index is 882. The fourth-order valence-corrected chi connectivity index (χ4v) is 2.90. The van der Waals surface area contributed by atoms with Crippen molar-refractivity contribution >= 4 is 46.7 Å². The van der Waals surface area contributed by atoms with E-state index in [-0.39, 0.29) is 22.9 Å². The summed E-state index contributed by atoms with van der Waals surface area (Å²) in [4.78, 5) is 36.0. The third kappa shape index (κ3) is 5.97. The molecule has 150 valence electrons. The van der Waals surface area contributed by atoms with Crippen molar-refractivity contribution in [3.05, 3.63) is 46.1 Å². The van der Waals surface area contributed by atoms with Crippen molar-refractivity contribution in [2.45, 2.75) is 32.9 Å². The minimum absolute atomic E-state index is 0.140. The molecular formula is C18H21Cl2N5O3. The maximum atomic E-state index is 12.6. The number of aromatic nitrogens is 2. The van der Waals surface area contributed by atoms with Gasteiger partial charge in [0.15, 0.2) is 5.82 Å². The second kappa shape index (κ2) is 9.57. The highest BCUT2D eigenvalue weighted by atomic mass is 35.5.